The van der Waals surface area contributed by atoms with Crippen LogP contribution in [0.2, 0.25) is 5.02 Å². The van der Waals surface area contributed by atoms with Gasteiger partial charge in [0.25, 0.3) is 5.91 Å². The molecule has 19 heavy (non-hydrogen) atoms. The molecule has 5 heteroatoms. The van der Waals surface area contributed by atoms with E-state index in [-0.39, 0.29) is 12.5 Å². The summed E-state index contributed by atoms with van der Waals surface area (Å²) in [6, 6.07) is 6.98. The van der Waals surface area contributed by atoms with Gasteiger partial charge in [-0.05, 0) is 50.2 Å². The predicted molar refractivity (Wildman–Crippen MR) is 75.6 cm³/mol. The van der Waals surface area contributed by atoms with Gasteiger partial charge in [0.15, 0.2) is 6.61 Å². The average molecular weight is 283 g/mol. The number of benzene rings is 1. The first-order valence-corrected chi connectivity index (χ1v) is 6.85. The smallest absolute Gasteiger partial charge is 0.257 e. The van der Waals surface area contributed by atoms with E-state index < -0.39 is 0 Å². The summed E-state index contributed by atoms with van der Waals surface area (Å²) < 4.78 is 5.38. The van der Waals surface area contributed by atoms with Crippen LogP contribution in [0, 0.1) is 5.92 Å². The van der Waals surface area contributed by atoms with E-state index in [1.54, 1.807) is 24.3 Å². The van der Waals surface area contributed by atoms with Crippen molar-refractivity contribution in [2.45, 2.75) is 6.42 Å². The van der Waals surface area contributed by atoms with Crippen LogP contribution in [0.15, 0.2) is 24.3 Å². The molecule has 4 nitrogen and oxygen atoms in total. The third-order valence-electron chi connectivity index (χ3n) is 3.26. The standard InChI is InChI=1S/C14H19ClN2O2/c1-17-7-6-11(9-17)8-16-14(18)10-19-13-4-2-12(15)3-5-13/h2-5,11H,6-10H2,1H3,(H,16,18). The van der Waals surface area contributed by atoms with E-state index in [0.29, 0.717) is 16.7 Å². The number of ether oxygens (including phenoxy) is 1. The molecule has 2 rings (SSSR count). The molecule has 1 amide bonds. The first-order chi connectivity index (χ1) is 9.13. The van der Waals surface area contributed by atoms with Crippen molar-refractivity contribution in [3.8, 4) is 5.75 Å². The SMILES string of the molecule is CN1CCC(CNC(=O)COc2ccc(Cl)cc2)C1. The molecule has 0 radical (unpaired) electrons. The van der Waals surface area contributed by atoms with Crippen LogP contribution in [0.1, 0.15) is 6.42 Å². The van der Waals surface area contributed by atoms with Crippen molar-refractivity contribution in [3.63, 3.8) is 0 Å². The summed E-state index contributed by atoms with van der Waals surface area (Å²) in [7, 11) is 2.10. The molecule has 1 saturated heterocycles. The highest BCUT2D eigenvalue weighted by Gasteiger charge is 2.19. The second-order valence-corrected chi connectivity index (χ2v) is 5.40. The zero-order chi connectivity index (χ0) is 13.7. The lowest BCUT2D eigenvalue weighted by Gasteiger charge is -2.12. The van der Waals surface area contributed by atoms with E-state index in [4.69, 9.17) is 16.3 Å². The summed E-state index contributed by atoms with van der Waals surface area (Å²) in [6.07, 6.45) is 1.15. The van der Waals surface area contributed by atoms with E-state index in [9.17, 15) is 4.79 Å². The normalized spacial score (nSPS) is 19.4. The molecule has 1 aliphatic heterocycles. The molecule has 0 aliphatic carbocycles. The van der Waals surface area contributed by atoms with Gasteiger partial charge in [-0.3, -0.25) is 4.79 Å². The van der Waals surface area contributed by atoms with Gasteiger partial charge in [-0.25, -0.2) is 0 Å². The zero-order valence-corrected chi connectivity index (χ0v) is 11.8. The molecule has 0 aromatic heterocycles. The second kappa shape index (κ2) is 6.78. The van der Waals surface area contributed by atoms with E-state index in [0.717, 1.165) is 26.1 Å². The predicted octanol–water partition coefficient (Wildman–Crippen LogP) is 1.79. The Labute approximate surface area is 118 Å². The minimum atomic E-state index is -0.0792. The van der Waals surface area contributed by atoms with Crippen molar-refractivity contribution in [2.75, 3.05) is 33.3 Å². The van der Waals surface area contributed by atoms with Gasteiger partial charge in [0.05, 0.1) is 0 Å². The number of carbonyl (C=O) groups is 1. The molecular weight excluding hydrogens is 264 g/mol. The van der Waals surface area contributed by atoms with Gasteiger partial charge in [-0.15, -0.1) is 0 Å². The number of halogens is 1. The van der Waals surface area contributed by atoms with Crippen LogP contribution in [0.5, 0.6) is 5.75 Å². The summed E-state index contributed by atoms with van der Waals surface area (Å²) in [5.41, 5.74) is 0. The maximum atomic E-state index is 11.6. The van der Waals surface area contributed by atoms with E-state index in [2.05, 4.69) is 17.3 Å². The third-order valence-corrected chi connectivity index (χ3v) is 3.51. The molecule has 1 aromatic rings. The van der Waals surface area contributed by atoms with Gasteiger partial charge in [0.2, 0.25) is 0 Å². The lowest BCUT2D eigenvalue weighted by Crippen LogP contribution is -2.33. The number of hydrogen-bond acceptors (Lipinski definition) is 3. The van der Waals surface area contributed by atoms with Crippen LogP contribution >= 0.6 is 11.6 Å². The van der Waals surface area contributed by atoms with Crippen molar-refractivity contribution >= 4 is 17.5 Å². The first-order valence-electron chi connectivity index (χ1n) is 6.47. The Kier molecular flexibility index (Phi) is 5.05. The quantitative estimate of drug-likeness (QED) is 0.895. The lowest BCUT2D eigenvalue weighted by molar-refractivity contribution is -0.123. The molecule has 1 fully saturated rings. The van der Waals surface area contributed by atoms with Crippen LogP contribution in [-0.2, 0) is 4.79 Å². The number of amides is 1. The summed E-state index contributed by atoms with van der Waals surface area (Å²) in [4.78, 5) is 13.9. The fourth-order valence-corrected chi connectivity index (χ4v) is 2.31. The molecule has 1 aliphatic rings. The number of nitrogens with zero attached hydrogens (tertiary/aromatic N) is 1. The fourth-order valence-electron chi connectivity index (χ4n) is 2.18. The maximum Gasteiger partial charge on any atom is 0.257 e. The Morgan fingerprint density at radius 3 is 2.84 bits per heavy atom. The molecule has 0 spiro atoms. The molecular formula is C14H19ClN2O2. The van der Waals surface area contributed by atoms with Gasteiger partial charge < -0.3 is 15.0 Å². The Morgan fingerprint density at radius 1 is 1.47 bits per heavy atom. The van der Waals surface area contributed by atoms with Crippen LogP contribution < -0.4 is 10.1 Å². The highest BCUT2D eigenvalue weighted by molar-refractivity contribution is 6.30. The Balaban J connectivity index is 1.65. The van der Waals surface area contributed by atoms with Gasteiger partial charge in [-0.1, -0.05) is 11.6 Å². The number of rotatable bonds is 5. The molecule has 104 valence electrons. The van der Waals surface area contributed by atoms with Gasteiger partial charge >= 0.3 is 0 Å². The summed E-state index contributed by atoms with van der Waals surface area (Å²) in [5.74, 6) is 1.13. The van der Waals surface area contributed by atoms with Crippen LogP contribution in [0.4, 0.5) is 0 Å². The molecule has 1 aromatic carbocycles. The highest BCUT2D eigenvalue weighted by atomic mass is 35.5. The van der Waals surface area contributed by atoms with Gasteiger partial charge in [-0.2, -0.15) is 0 Å². The van der Waals surface area contributed by atoms with E-state index in [1.807, 2.05) is 0 Å². The largest absolute Gasteiger partial charge is 0.484 e. The van der Waals surface area contributed by atoms with E-state index in [1.165, 1.54) is 0 Å². The molecule has 0 saturated carbocycles. The van der Waals surface area contributed by atoms with Crippen molar-refractivity contribution in [1.29, 1.82) is 0 Å². The van der Waals surface area contributed by atoms with Crippen LogP contribution in [-0.4, -0.2) is 44.1 Å². The minimum absolute atomic E-state index is 0.0458. The summed E-state index contributed by atoms with van der Waals surface area (Å²) in [6.45, 7) is 2.94. The van der Waals surface area contributed by atoms with Gasteiger partial charge in [0.1, 0.15) is 5.75 Å². The molecule has 1 N–H and O–H groups in total. The van der Waals surface area contributed by atoms with Crippen LogP contribution in [0.3, 0.4) is 0 Å². The second-order valence-electron chi connectivity index (χ2n) is 4.96. The highest BCUT2D eigenvalue weighted by Crippen LogP contribution is 2.15. The monoisotopic (exact) mass is 282 g/mol. The first kappa shape index (κ1) is 14.2. The van der Waals surface area contributed by atoms with Crippen molar-refractivity contribution in [2.24, 2.45) is 5.92 Å². The Hall–Kier alpha value is -1.26. The minimum Gasteiger partial charge on any atom is -0.484 e. The average Bonchev–Trinajstić information content (AvgIpc) is 2.81. The Bertz CT molecular complexity index is 422. The zero-order valence-electron chi connectivity index (χ0n) is 11.1. The van der Waals surface area contributed by atoms with Crippen molar-refractivity contribution in [1.82, 2.24) is 10.2 Å². The van der Waals surface area contributed by atoms with Crippen LogP contribution in [0.25, 0.3) is 0 Å². The molecule has 1 unspecified atom stereocenters. The van der Waals surface area contributed by atoms with Crippen molar-refractivity contribution in [3.05, 3.63) is 29.3 Å². The van der Waals surface area contributed by atoms with E-state index >= 15 is 0 Å². The Morgan fingerprint density at radius 2 is 2.21 bits per heavy atom. The third kappa shape index (κ3) is 4.73. The molecule has 1 heterocycles. The summed E-state index contributed by atoms with van der Waals surface area (Å²) >= 11 is 5.77. The summed E-state index contributed by atoms with van der Waals surface area (Å²) in [5, 5.41) is 3.56. The number of carbonyl (C=O) groups excluding carboxylic acids is 1. The maximum absolute atomic E-state index is 11.6. The fraction of sp³-hybridized carbons (Fsp3) is 0.500. The lowest BCUT2D eigenvalue weighted by atomic mass is 10.1. The molecule has 1 atom stereocenters. The van der Waals surface area contributed by atoms with Crippen molar-refractivity contribution < 1.29 is 9.53 Å². The topological polar surface area (TPSA) is 41.6 Å². The number of hydrogen-bond donors (Lipinski definition) is 1. The number of nitrogens with one attached hydrogen (secondary N) is 1. The molecule has 0 bridgehead atoms. The van der Waals surface area contributed by atoms with Gasteiger partial charge in [0, 0.05) is 18.1 Å². The number of likely N-dealkylation sites (tertiary alicyclic amines) is 1.